The van der Waals surface area contributed by atoms with Gasteiger partial charge in [0.1, 0.15) is 11.6 Å². The Balaban J connectivity index is 1.88. The van der Waals surface area contributed by atoms with Crippen molar-refractivity contribution in [1.82, 2.24) is 9.88 Å². The van der Waals surface area contributed by atoms with Crippen molar-refractivity contribution in [3.63, 3.8) is 0 Å². The van der Waals surface area contributed by atoms with E-state index in [4.69, 9.17) is 27.9 Å². The van der Waals surface area contributed by atoms with E-state index in [0.29, 0.717) is 11.1 Å². The molecule has 0 saturated carbocycles. The molecule has 9 heteroatoms. The van der Waals surface area contributed by atoms with Gasteiger partial charge in [0.2, 0.25) is 0 Å². The summed E-state index contributed by atoms with van der Waals surface area (Å²) >= 11 is 12.4. The van der Waals surface area contributed by atoms with Crippen LogP contribution in [-0.2, 0) is 16.1 Å². The second-order valence-corrected chi connectivity index (χ2v) is 8.13. The van der Waals surface area contributed by atoms with Crippen molar-refractivity contribution >= 4 is 40.7 Å². The number of pyridine rings is 1. The van der Waals surface area contributed by atoms with Gasteiger partial charge in [-0.05, 0) is 41.5 Å². The third-order valence-electron chi connectivity index (χ3n) is 5.28. The molecule has 6 nitrogen and oxygen atoms in total. The second-order valence-electron chi connectivity index (χ2n) is 7.31. The van der Waals surface area contributed by atoms with Crippen LogP contribution in [0.5, 0.6) is 5.75 Å². The van der Waals surface area contributed by atoms with Crippen LogP contribution in [0.2, 0.25) is 10.0 Å². The van der Waals surface area contributed by atoms with Gasteiger partial charge < -0.3 is 14.7 Å². The van der Waals surface area contributed by atoms with Crippen molar-refractivity contribution in [1.29, 1.82) is 0 Å². The molecule has 1 amide bonds. The highest BCUT2D eigenvalue weighted by atomic mass is 35.5. The number of Topliss-reactive ketones (excluding diaryl/α,β-unsaturated/α-hetero) is 1. The summed E-state index contributed by atoms with van der Waals surface area (Å²) < 4.78 is 18.7. The first-order chi connectivity index (χ1) is 15.8. The highest BCUT2D eigenvalue weighted by Crippen LogP contribution is 2.42. The first-order valence-corrected chi connectivity index (χ1v) is 10.5. The molecule has 0 aliphatic carbocycles. The number of nitrogens with zero attached hydrogens (tertiary/aromatic N) is 2. The predicted octanol–water partition coefficient (Wildman–Crippen LogP) is 5.16. The lowest BCUT2D eigenvalue weighted by Gasteiger charge is -2.25. The quantitative estimate of drug-likeness (QED) is 0.306. The summed E-state index contributed by atoms with van der Waals surface area (Å²) in [4.78, 5) is 31.4. The number of ketones is 1. The van der Waals surface area contributed by atoms with Gasteiger partial charge in [-0.2, -0.15) is 0 Å². The van der Waals surface area contributed by atoms with E-state index in [2.05, 4.69) is 4.98 Å². The first-order valence-electron chi connectivity index (χ1n) is 9.78. The molecule has 168 valence electrons. The third kappa shape index (κ3) is 4.29. The number of methoxy groups -OCH3 is 1. The largest absolute Gasteiger partial charge is 0.507 e. The maximum atomic E-state index is 13.6. The number of aliphatic hydroxyl groups is 1. The van der Waals surface area contributed by atoms with E-state index >= 15 is 0 Å². The summed E-state index contributed by atoms with van der Waals surface area (Å²) in [6.07, 6.45) is 3.16. The van der Waals surface area contributed by atoms with Gasteiger partial charge in [-0.3, -0.25) is 14.6 Å². The SMILES string of the molecule is COc1c(Cl)cc(/C(O)=C2\C(=O)C(=O)N(Cc3cccnc3)C2c2ccc(F)cc2)cc1Cl. The van der Waals surface area contributed by atoms with Gasteiger partial charge in [0.05, 0.1) is 28.8 Å². The van der Waals surface area contributed by atoms with Crippen molar-refractivity contribution < 1.29 is 23.8 Å². The Kier molecular flexibility index (Phi) is 6.35. The number of halogens is 3. The summed E-state index contributed by atoms with van der Waals surface area (Å²) in [5.41, 5.74) is 1.11. The monoisotopic (exact) mass is 486 g/mol. The van der Waals surface area contributed by atoms with E-state index in [1.807, 2.05) is 0 Å². The number of hydrogen-bond acceptors (Lipinski definition) is 5. The summed E-state index contributed by atoms with van der Waals surface area (Å²) in [5, 5.41) is 11.4. The Morgan fingerprint density at radius 3 is 2.39 bits per heavy atom. The highest BCUT2D eigenvalue weighted by molar-refractivity contribution is 6.46. The lowest BCUT2D eigenvalue weighted by Crippen LogP contribution is -2.29. The Morgan fingerprint density at radius 2 is 1.82 bits per heavy atom. The van der Waals surface area contributed by atoms with Crippen molar-refractivity contribution in [2.75, 3.05) is 7.11 Å². The Bertz CT molecular complexity index is 1240. The number of carbonyl (C=O) groups excluding carboxylic acids is 2. The molecule has 0 spiro atoms. The van der Waals surface area contributed by atoms with Crippen LogP contribution in [0.1, 0.15) is 22.7 Å². The molecule has 1 unspecified atom stereocenters. The van der Waals surface area contributed by atoms with Gasteiger partial charge in [-0.15, -0.1) is 0 Å². The van der Waals surface area contributed by atoms with Crippen LogP contribution in [0, 0.1) is 5.82 Å². The van der Waals surface area contributed by atoms with E-state index in [-0.39, 0.29) is 33.5 Å². The highest BCUT2D eigenvalue weighted by Gasteiger charge is 2.46. The van der Waals surface area contributed by atoms with Crippen LogP contribution in [0.4, 0.5) is 4.39 Å². The molecule has 33 heavy (non-hydrogen) atoms. The lowest BCUT2D eigenvalue weighted by molar-refractivity contribution is -0.140. The molecule has 1 fully saturated rings. The summed E-state index contributed by atoms with van der Waals surface area (Å²) in [6.45, 7) is 0.0569. The topological polar surface area (TPSA) is 79.7 Å². The molecule has 1 aromatic heterocycles. The van der Waals surface area contributed by atoms with Crippen molar-refractivity contribution in [2.45, 2.75) is 12.6 Å². The van der Waals surface area contributed by atoms with Gasteiger partial charge in [0, 0.05) is 24.5 Å². The van der Waals surface area contributed by atoms with Crippen LogP contribution in [-0.4, -0.2) is 33.8 Å². The molecule has 3 aromatic rings. The number of amides is 1. The molecule has 1 saturated heterocycles. The molecule has 1 atom stereocenters. The Morgan fingerprint density at radius 1 is 1.15 bits per heavy atom. The minimum Gasteiger partial charge on any atom is -0.507 e. The van der Waals surface area contributed by atoms with E-state index < -0.39 is 29.3 Å². The zero-order chi connectivity index (χ0) is 23.7. The fraction of sp³-hybridized carbons (Fsp3) is 0.125. The summed E-state index contributed by atoms with van der Waals surface area (Å²) in [7, 11) is 1.39. The fourth-order valence-electron chi connectivity index (χ4n) is 3.77. The molecule has 0 radical (unpaired) electrons. The average molecular weight is 487 g/mol. The molecule has 1 N–H and O–H groups in total. The minimum atomic E-state index is -0.967. The maximum Gasteiger partial charge on any atom is 0.295 e. The average Bonchev–Trinajstić information content (AvgIpc) is 3.04. The molecular formula is C24H17Cl2FN2O4. The Hall–Kier alpha value is -3.42. The van der Waals surface area contributed by atoms with Crippen molar-refractivity contribution in [3.05, 3.63) is 99.1 Å². The van der Waals surface area contributed by atoms with E-state index in [1.165, 1.54) is 48.4 Å². The van der Waals surface area contributed by atoms with Gasteiger partial charge in [-0.25, -0.2) is 4.39 Å². The molecule has 1 aliphatic rings. The maximum absolute atomic E-state index is 13.6. The van der Waals surface area contributed by atoms with Crippen LogP contribution in [0.15, 0.2) is 66.5 Å². The van der Waals surface area contributed by atoms with Crippen LogP contribution < -0.4 is 4.74 Å². The van der Waals surface area contributed by atoms with Crippen LogP contribution >= 0.6 is 23.2 Å². The van der Waals surface area contributed by atoms with Crippen LogP contribution in [0.3, 0.4) is 0 Å². The number of aromatic nitrogens is 1. The molecule has 1 aliphatic heterocycles. The standard InChI is InChI=1S/C24H17Cl2FN2O4/c1-33-23-17(25)9-15(10-18(23)26)21(30)19-20(14-4-6-16(27)7-5-14)29(24(32)22(19)31)12-13-3-2-8-28-11-13/h2-11,20,30H,12H2,1H3/b21-19+. The van der Waals surface area contributed by atoms with Crippen molar-refractivity contribution in [2.24, 2.45) is 0 Å². The van der Waals surface area contributed by atoms with E-state index in [0.717, 1.165) is 0 Å². The fourth-order valence-corrected chi connectivity index (χ4v) is 4.41. The number of hydrogen-bond donors (Lipinski definition) is 1. The number of likely N-dealkylation sites (tertiary alicyclic amines) is 1. The summed E-state index contributed by atoms with van der Waals surface area (Å²) in [6, 6.07) is 10.6. The van der Waals surface area contributed by atoms with Gasteiger partial charge >= 0.3 is 0 Å². The molecule has 4 rings (SSSR count). The molecule has 2 heterocycles. The van der Waals surface area contributed by atoms with E-state index in [1.54, 1.807) is 24.5 Å². The molecular weight excluding hydrogens is 470 g/mol. The van der Waals surface area contributed by atoms with Crippen LogP contribution in [0.25, 0.3) is 5.76 Å². The number of rotatable bonds is 5. The zero-order valence-corrected chi connectivity index (χ0v) is 18.8. The summed E-state index contributed by atoms with van der Waals surface area (Å²) in [5.74, 6) is -2.41. The number of carbonyl (C=O) groups is 2. The normalized spacial score (nSPS) is 17.5. The minimum absolute atomic E-state index is 0.0569. The number of ether oxygens (including phenoxy) is 1. The second kappa shape index (κ2) is 9.21. The van der Waals surface area contributed by atoms with Gasteiger partial charge in [-0.1, -0.05) is 41.4 Å². The lowest BCUT2D eigenvalue weighted by atomic mass is 9.95. The number of benzene rings is 2. The molecule has 0 bridgehead atoms. The van der Waals surface area contributed by atoms with Crippen molar-refractivity contribution in [3.8, 4) is 5.75 Å². The Labute approximate surface area is 198 Å². The van der Waals surface area contributed by atoms with Gasteiger partial charge in [0.25, 0.3) is 11.7 Å². The first kappa shape index (κ1) is 22.8. The zero-order valence-electron chi connectivity index (χ0n) is 17.3. The van der Waals surface area contributed by atoms with Gasteiger partial charge in [0.15, 0.2) is 5.75 Å². The van der Waals surface area contributed by atoms with E-state index in [9.17, 15) is 19.1 Å². The smallest absolute Gasteiger partial charge is 0.295 e. The third-order valence-corrected chi connectivity index (χ3v) is 5.84. The molecule has 2 aromatic carbocycles. The number of aliphatic hydroxyl groups excluding tert-OH is 1. The predicted molar refractivity (Wildman–Crippen MR) is 121 cm³/mol.